The molecule has 5 saturated carbocycles. The number of methoxy groups -OCH3 is 1. The molecule has 2 atom stereocenters. The van der Waals surface area contributed by atoms with E-state index in [1.165, 1.54) is 19.6 Å². The van der Waals surface area contributed by atoms with Crippen LogP contribution < -0.4 is 20.1 Å². The molecule has 0 aromatic heterocycles. The number of carbonyl (C=O) groups excluding carboxylic acids is 2. The van der Waals surface area contributed by atoms with Gasteiger partial charge < -0.3 is 25.2 Å². The lowest BCUT2D eigenvalue weighted by Crippen LogP contribution is -2.58. The van der Waals surface area contributed by atoms with Crippen LogP contribution in [-0.4, -0.2) is 48.7 Å². The minimum Gasteiger partial charge on any atom is -0.496 e. The molecule has 222 valence electrons. The molecule has 5 fully saturated rings. The van der Waals surface area contributed by atoms with E-state index < -0.39 is 11.4 Å². The molecule has 41 heavy (non-hydrogen) atoms. The monoisotopic (exact) mass is 565 g/mol. The number of hydrogen-bond acceptors (Lipinski definition) is 6. The van der Waals surface area contributed by atoms with Crippen LogP contribution in [0.1, 0.15) is 100 Å². The smallest absolute Gasteiger partial charge is 0.309 e. The number of amides is 2. The Hall–Kier alpha value is -3.28. The molecule has 1 aromatic carbocycles. The van der Waals surface area contributed by atoms with E-state index in [4.69, 9.17) is 9.47 Å². The molecule has 5 aliphatic rings. The molecule has 1 aromatic rings. The van der Waals surface area contributed by atoms with Crippen molar-refractivity contribution in [3.05, 3.63) is 23.3 Å². The largest absolute Gasteiger partial charge is 0.496 e. The molecule has 9 nitrogen and oxygen atoms in total. The van der Waals surface area contributed by atoms with Gasteiger partial charge in [-0.3, -0.25) is 14.4 Å². The molecule has 0 aliphatic heterocycles. The quantitative estimate of drug-likeness (QED) is 0.390. The van der Waals surface area contributed by atoms with Gasteiger partial charge in [-0.1, -0.05) is 13.3 Å². The number of nitriles is 1. The van der Waals surface area contributed by atoms with Gasteiger partial charge in [0, 0.05) is 18.7 Å². The van der Waals surface area contributed by atoms with Crippen LogP contribution in [-0.2, 0) is 9.59 Å². The fraction of sp³-hybridized carbons (Fsp3) is 0.688. The number of benzene rings is 1. The van der Waals surface area contributed by atoms with Crippen LogP contribution in [0.15, 0.2) is 12.1 Å². The van der Waals surface area contributed by atoms with Crippen LogP contribution >= 0.6 is 0 Å². The minimum atomic E-state index is -0.808. The fourth-order valence-corrected chi connectivity index (χ4v) is 7.47. The van der Waals surface area contributed by atoms with E-state index in [1.807, 2.05) is 0 Å². The number of carbonyl (C=O) groups is 3. The van der Waals surface area contributed by atoms with Crippen molar-refractivity contribution >= 4 is 17.8 Å². The standard InChI is InChI=1S/C32H43N3O6/c1-31(11-4-12-31)18-34-29(37)26-19-5-7-20(8-6-19)27(26)35-28(36)23-16-24(21(17-33)15-25(23)40-3)41-22-9-13-32(2,14-10-22)30(38)39/h15-16,19-20,22,26-27H,4-14,18H2,1-3H3,(H,34,37)(H,35,36)(H,38,39)/t19?,20?,22?,26-,27?,32?/m1/s1. The van der Waals surface area contributed by atoms with Gasteiger partial charge in [0.2, 0.25) is 5.91 Å². The summed E-state index contributed by atoms with van der Waals surface area (Å²) in [5, 5.41) is 25.8. The van der Waals surface area contributed by atoms with E-state index in [0.717, 1.165) is 38.5 Å². The second kappa shape index (κ2) is 11.5. The average molecular weight is 566 g/mol. The Morgan fingerprint density at radius 3 is 2.22 bits per heavy atom. The molecule has 5 aliphatic carbocycles. The topological polar surface area (TPSA) is 138 Å². The van der Waals surface area contributed by atoms with Gasteiger partial charge in [-0.25, -0.2) is 0 Å². The number of carboxylic acid groups (broad SMARTS) is 1. The number of nitrogens with one attached hydrogen (secondary N) is 2. The highest BCUT2D eigenvalue weighted by Crippen LogP contribution is 2.46. The molecule has 1 unspecified atom stereocenters. The van der Waals surface area contributed by atoms with Crippen LogP contribution in [0, 0.1) is 39.9 Å². The molecule has 9 heteroatoms. The summed E-state index contributed by atoms with van der Waals surface area (Å²) in [5.41, 5.74) is -0.0849. The zero-order valence-corrected chi connectivity index (χ0v) is 24.5. The van der Waals surface area contributed by atoms with Gasteiger partial charge in [-0.05, 0) is 94.4 Å². The molecule has 6 rings (SSSR count). The Balaban J connectivity index is 1.33. The number of rotatable bonds is 9. The molecule has 2 bridgehead atoms. The van der Waals surface area contributed by atoms with Gasteiger partial charge in [-0.15, -0.1) is 0 Å². The maximum absolute atomic E-state index is 13.8. The van der Waals surface area contributed by atoms with E-state index in [2.05, 4.69) is 23.6 Å². The first-order valence-electron chi connectivity index (χ1n) is 15.2. The highest BCUT2D eigenvalue weighted by atomic mass is 16.5. The summed E-state index contributed by atoms with van der Waals surface area (Å²) in [5.74, 6) is -0.324. The third kappa shape index (κ3) is 5.89. The maximum atomic E-state index is 13.8. The lowest BCUT2D eigenvalue weighted by molar-refractivity contribution is -0.150. The summed E-state index contributed by atoms with van der Waals surface area (Å²) in [4.78, 5) is 38.9. The van der Waals surface area contributed by atoms with Crippen LogP contribution in [0.4, 0.5) is 0 Å². The number of ether oxygens (including phenoxy) is 2. The molecule has 0 spiro atoms. The van der Waals surface area contributed by atoms with Crippen molar-refractivity contribution in [1.82, 2.24) is 10.6 Å². The van der Waals surface area contributed by atoms with Crippen molar-refractivity contribution < 1.29 is 29.0 Å². The Morgan fingerprint density at radius 1 is 1.00 bits per heavy atom. The van der Waals surface area contributed by atoms with Crippen LogP contribution in [0.3, 0.4) is 0 Å². The summed E-state index contributed by atoms with van der Waals surface area (Å²) < 4.78 is 11.7. The number of hydrogen-bond donors (Lipinski definition) is 3. The van der Waals surface area contributed by atoms with Crippen molar-refractivity contribution in [1.29, 1.82) is 5.26 Å². The lowest BCUT2D eigenvalue weighted by atomic mass is 9.61. The molecule has 0 heterocycles. The highest BCUT2D eigenvalue weighted by Gasteiger charge is 2.48. The summed E-state index contributed by atoms with van der Waals surface area (Å²) in [6, 6.07) is 4.95. The van der Waals surface area contributed by atoms with Gasteiger partial charge in [0.25, 0.3) is 5.91 Å². The zero-order valence-electron chi connectivity index (χ0n) is 24.5. The minimum absolute atomic E-state index is 0.0410. The number of fused-ring (bicyclic) bond motifs is 3. The number of carboxylic acids is 1. The molecular weight excluding hydrogens is 522 g/mol. The van der Waals surface area contributed by atoms with E-state index in [9.17, 15) is 24.8 Å². The number of nitrogens with zero attached hydrogens (tertiary/aromatic N) is 1. The van der Waals surface area contributed by atoms with Gasteiger partial charge >= 0.3 is 5.97 Å². The molecule has 0 radical (unpaired) electrons. The summed E-state index contributed by atoms with van der Waals surface area (Å²) in [7, 11) is 1.46. The third-order valence-corrected chi connectivity index (χ3v) is 10.6. The van der Waals surface area contributed by atoms with Crippen LogP contribution in [0.25, 0.3) is 0 Å². The predicted octanol–water partition coefficient (Wildman–Crippen LogP) is 4.82. The van der Waals surface area contributed by atoms with Gasteiger partial charge in [0.1, 0.15) is 17.6 Å². The fourth-order valence-electron chi connectivity index (χ4n) is 7.47. The Kier molecular flexibility index (Phi) is 8.22. The second-order valence-corrected chi connectivity index (χ2v) is 13.4. The van der Waals surface area contributed by atoms with Crippen molar-refractivity contribution in [3.8, 4) is 17.6 Å². The van der Waals surface area contributed by atoms with Crippen LogP contribution in [0.2, 0.25) is 0 Å². The lowest BCUT2D eigenvalue weighted by Gasteiger charge is -2.48. The average Bonchev–Trinajstić information content (AvgIpc) is 2.96. The SMILES string of the molecule is COc1cc(C#N)c(OC2CCC(C)(C(=O)O)CC2)cc1C(=O)NC1C2CCC(CC2)[C@H]1C(=O)NCC1(C)CCC1. The van der Waals surface area contributed by atoms with E-state index in [1.54, 1.807) is 13.0 Å². The summed E-state index contributed by atoms with van der Waals surface area (Å²) in [6.07, 6.45) is 9.26. The maximum Gasteiger partial charge on any atom is 0.309 e. The van der Waals surface area contributed by atoms with Crippen molar-refractivity contribution in [2.75, 3.05) is 13.7 Å². The van der Waals surface area contributed by atoms with Crippen molar-refractivity contribution in [2.45, 2.75) is 96.6 Å². The first-order chi connectivity index (χ1) is 19.6. The van der Waals surface area contributed by atoms with E-state index in [-0.39, 0.29) is 69.8 Å². The van der Waals surface area contributed by atoms with Gasteiger partial charge in [-0.2, -0.15) is 5.26 Å². The zero-order chi connectivity index (χ0) is 29.4. The Morgan fingerprint density at radius 2 is 1.66 bits per heavy atom. The summed E-state index contributed by atoms with van der Waals surface area (Å²) >= 11 is 0. The Bertz CT molecular complexity index is 1220. The van der Waals surface area contributed by atoms with Crippen molar-refractivity contribution in [3.63, 3.8) is 0 Å². The predicted molar refractivity (Wildman–Crippen MR) is 151 cm³/mol. The highest BCUT2D eigenvalue weighted by molar-refractivity contribution is 5.98. The summed E-state index contributed by atoms with van der Waals surface area (Å²) in [6.45, 7) is 4.65. The molecule has 2 amide bonds. The van der Waals surface area contributed by atoms with Gasteiger partial charge in [0.05, 0.1) is 35.7 Å². The van der Waals surface area contributed by atoms with Crippen LogP contribution in [0.5, 0.6) is 11.5 Å². The third-order valence-electron chi connectivity index (χ3n) is 10.6. The molecular formula is C32H43N3O6. The molecule has 0 saturated heterocycles. The normalized spacial score (nSPS) is 31.7. The number of aliphatic carboxylic acids is 1. The van der Waals surface area contributed by atoms with Gasteiger partial charge in [0.15, 0.2) is 0 Å². The first kappa shape index (κ1) is 29.2. The molecule has 3 N–H and O–H groups in total. The Labute approximate surface area is 242 Å². The van der Waals surface area contributed by atoms with E-state index >= 15 is 0 Å². The van der Waals surface area contributed by atoms with E-state index in [0.29, 0.717) is 32.2 Å². The van der Waals surface area contributed by atoms with Crippen molar-refractivity contribution in [2.24, 2.45) is 28.6 Å². The first-order valence-corrected chi connectivity index (χ1v) is 15.2. The second-order valence-electron chi connectivity index (χ2n) is 13.4.